The predicted octanol–water partition coefficient (Wildman–Crippen LogP) is 2.73. The van der Waals surface area contributed by atoms with E-state index >= 15 is 0 Å². The minimum Gasteiger partial charge on any atom is -0.465 e. The molecule has 0 unspecified atom stereocenters. The van der Waals surface area contributed by atoms with Crippen LogP contribution in [0.5, 0.6) is 0 Å². The number of halogens is 1. The Labute approximate surface area is 149 Å². The summed E-state index contributed by atoms with van der Waals surface area (Å²) >= 11 is 0. The molecule has 0 atom stereocenters. The minimum absolute atomic E-state index is 0.0900. The molecule has 0 radical (unpaired) electrons. The monoisotopic (exact) mass is 359 g/mol. The first-order valence-electron chi connectivity index (χ1n) is 7.86. The molecule has 0 aromatic heterocycles. The maximum atomic E-state index is 12.8. The molecule has 2 aromatic rings. The van der Waals surface area contributed by atoms with E-state index in [1.54, 1.807) is 24.3 Å². The van der Waals surface area contributed by atoms with Gasteiger partial charge >= 0.3 is 11.9 Å². The number of hydrogen-bond donors (Lipinski definition) is 1. The maximum Gasteiger partial charge on any atom is 0.337 e. The number of esters is 2. The van der Waals surface area contributed by atoms with Crippen molar-refractivity contribution in [3.63, 3.8) is 0 Å². The Hall–Kier alpha value is -3.22. The Balaban J connectivity index is 1.73. The average molecular weight is 359 g/mol. The summed E-state index contributed by atoms with van der Waals surface area (Å²) < 4.78 is 22.3. The summed E-state index contributed by atoms with van der Waals surface area (Å²) in [6.45, 7) is -0.416. The van der Waals surface area contributed by atoms with E-state index in [9.17, 15) is 18.8 Å². The fourth-order valence-electron chi connectivity index (χ4n) is 2.12. The number of hydrogen-bond acceptors (Lipinski definition) is 5. The van der Waals surface area contributed by atoms with Gasteiger partial charge in [0.1, 0.15) is 5.82 Å². The molecule has 0 aliphatic carbocycles. The second-order valence-electron chi connectivity index (χ2n) is 5.40. The number of amides is 1. The Bertz CT molecular complexity index is 772. The number of benzene rings is 2. The van der Waals surface area contributed by atoms with Gasteiger partial charge in [-0.25, -0.2) is 9.18 Å². The third-order valence-electron chi connectivity index (χ3n) is 3.49. The molecule has 136 valence electrons. The van der Waals surface area contributed by atoms with Crippen LogP contribution in [-0.2, 0) is 25.5 Å². The van der Waals surface area contributed by atoms with Crippen molar-refractivity contribution >= 4 is 23.5 Å². The van der Waals surface area contributed by atoms with Crippen LogP contribution in [0.25, 0.3) is 0 Å². The minimum atomic E-state index is -0.523. The number of anilines is 1. The van der Waals surface area contributed by atoms with Crippen molar-refractivity contribution in [3.8, 4) is 0 Å². The van der Waals surface area contributed by atoms with Gasteiger partial charge in [-0.3, -0.25) is 9.59 Å². The number of ether oxygens (including phenoxy) is 2. The largest absolute Gasteiger partial charge is 0.465 e. The smallest absolute Gasteiger partial charge is 0.337 e. The molecule has 7 heteroatoms. The Morgan fingerprint density at radius 3 is 2.27 bits per heavy atom. The fourth-order valence-corrected chi connectivity index (χ4v) is 2.12. The van der Waals surface area contributed by atoms with Crippen LogP contribution in [0.15, 0.2) is 48.5 Å². The highest BCUT2D eigenvalue weighted by molar-refractivity contribution is 5.94. The normalized spacial score (nSPS) is 10.1. The summed E-state index contributed by atoms with van der Waals surface area (Å²) in [4.78, 5) is 34.8. The molecule has 0 saturated carbocycles. The summed E-state index contributed by atoms with van der Waals surface area (Å²) in [7, 11) is 1.28. The number of methoxy groups -OCH3 is 1. The zero-order chi connectivity index (χ0) is 18.9. The highest BCUT2D eigenvalue weighted by Crippen LogP contribution is 2.10. The fraction of sp³-hybridized carbons (Fsp3) is 0.211. The summed E-state index contributed by atoms with van der Waals surface area (Å²) in [6, 6.07) is 11.9. The first-order valence-corrected chi connectivity index (χ1v) is 7.86. The molecule has 0 fully saturated rings. The van der Waals surface area contributed by atoms with Crippen LogP contribution in [-0.4, -0.2) is 31.6 Å². The first-order chi connectivity index (χ1) is 12.5. The molecule has 0 saturated heterocycles. The van der Waals surface area contributed by atoms with Gasteiger partial charge in [-0.1, -0.05) is 12.1 Å². The number of carbonyl (C=O) groups excluding carboxylic acids is 3. The number of aryl methyl sites for hydroxylation is 1. The van der Waals surface area contributed by atoms with Crippen LogP contribution in [0, 0.1) is 5.82 Å². The standard InChI is InChI=1S/C19H18FNO5/c1-25-19(24)14-5-9-16(10-6-14)21-17(22)12-26-18(23)11-4-13-2-7-15(20)8-3-13/h2-3,5-10H,4,11-12H2,1H3,(H,21,22). The maximum absolute atomic E-state index is 12.8. The molecule has 0 heterocycles. The van der Waals surface area contributed by atoms with Crippen molar-refractivity contribution < 1.29 is 28.2 Å². The highest BCUT2D eigenvalue weighted by Gasteiger charge is 2.09. The summed E-state index contributed by atoms with van der Waals surface area (Å²) in [5, 5.41) is 2.55. The van der Waals surface area contributed by atoms with Gasteiger partial charge in [0.2, 0.25) is 0 Å². The molecule has 26 heavy (non-hydrogen) atoms. The van der Waals surface area contributed by atoms with Crippen LogP contribution in [0.2, 0.25) is 0 Å². The molecule has 2 aromatic carbocycles. The van der Waals surface area contributed by atoms with Gasteiger partial charge in [-0.2, -0.15) is 0 Å². The zero-order valence-corrected chi connectivity index (χ0v) is 14.2. The molecule has 1 N–H and O–H groups in total. The second kappa shape index (κ2) is 9.31. The van der Waals surface area contributed by atoms with Crippen LogP contribution in [0.1, 0.15) is 22.3 Å². The van der Waals surface area contributed by atoms with Gasteiger partial charge in [0.15, 0.2) is 6.61 Å². The molecule has 0 aliphatic rings. The van der Waals surface area contributed by atoms with Crippen LogP contribution >= 0.6 is 0 Å². The molecule has 0 bridgehead atoms. The number of nitrogens with one attached hydrogen (secondary N) is 1. The van der Waals surface area contributed by atoms with Crippen molar-refractivity contribution in [1.82, 2.24) is 0 Å². The van der Waals surface area contributed by atoms with Gasteiger partial charge in [0.25, 0.3) is 5.91 Å². The molecule has 0 aliphatic heterocycles. The van der Waals surface area contributed by atoms with Crippen molar-refractivity contribution in [1.29, 1.82) is 0 Å². The van der Waals surface area contributed by atoms with Gasteiger partial charge in [-0.15, -0.1) is 0 Å². The predicted molar refractivity (Wildman–Crippen MR) is 92.1 cm³/mol. The van der Waals surface area contributed by atoms with E-state index < -0.39 is 24.5 Å². The van der Waals surface area contributed by atoms with Crippen molar-refractivity contribution in [2.24, 2.45) is 0 Å². The molecule has 6 nitrogen and oxygen atoms in total. The Morgan fingerprint density at radius 2 is 1.65 bits per heavy atom. The number of carbonyl (C=O) groups is 3. The lowest BCUT2D eigenvalue weighted by molar-refractivity contribution is -0.147. The summed E-state index contributed by atoms with van der Waals surface area (Å²) in [5.74, 6) is -1.83. The van der Waals surface area contributed by atoms with E-state index in [1.807, 2.05) is 0 Å². The van der Waals surface area contributed by atoms with Crippen LogP contribution in [0.3, 0.4) is 0 Å². The van der Waals surface area contributed by atoms with Crippen LogP contribution < -0.4 is 5.32 Å². The quantitative estimate of drug-likeness (QED) is 0.769. The van der Waals surface area contributed by atoms with Crippen molar-refractivity contribution in [2.45, 2.75) is 12.8 Å². The second-order valence-corrected chi connectivity index (χ2v) is 5.40. The Kier molecular flexibility index (Phi) is 6.84. The lowest BCUT2D eigenvalue weighted by Crippen LogP contribution is -2.21. The van der Waals surface area contributed by atoms with E-state index in [2.05, 4.69) is 10.1 Å². The topological polar surface area (TPSA) is 81.7 Å². The van der Waals surface area contributed by atoms with Crippen molar-refractivity contribution in [2.75, 3.05) is 19.0 Å². The first kappa shape index (κ1) is 19.1. The lowest BCUT2D eigenvalue weighted by Gasteiger charge is -2.07. The van der Waals surface area contributed by atoms with E-state index in [4.69, 9.17) is 4.74 Å². The van der Waals surface area contributed by atoms with E-state index in [1.165, 1.54) is 31.4 Å². The molecular weight excluding hydrogens is 341 g/mol. The highest BCUT2D eigenvalue weighted by atomic mass is 19.1. The molecule has 1 amide bonds. The van der Waals surface area contributed by atoms with E-state index in [-0.39, 0.29) is 12.2 Å². The summed E-state index contributed by atoms with van der Waals surface area (Å²) in [5.41, 5.74) is 1.63. The third-order valence-corrected chi connectivity index (χ3v) is 3.49. The lowest BCUT2D eigenvalue weighted by atomic mass is 10.1. The number of rotatable bonds is 7. The SMILES string of the molecule is COC(=O)c1ccc(NC(=O)COC(=O)CCc2ccc(F)cc2)cc1. The van der Waals surface area contributed by atoms with Crippen LogP contribution in [0.4, 0.5) is 10.1 Å². The van der Waals surface area contributed by atoms with E-state index in [0.29, 0.717) is 17.7 Å². The molecule has 2 rings (SSSR count). The summed E-state index contributed by atoms with van der Waals surface area (Å²) in [6.07, 6.45) is 0.489. The van der Waals surface area contributed by atoms with Gasteiger partial charge < -0.3 is 14.8 Å². The Morgan fingerprint density at radius 1 is 1.00 bits per heavy atom. The van der Waals surface area contributed by atoms with E-state index in [0.717, 1.165) is 5.56 Å². The third kappa shape index (κ3) is 6.01. The van der Waals surface area contributed by atoms with Gasteiger partial charge in [0, 0.05) is 12.1 Å². The van der Waals surface area contributed by atoms with Gasteiger partial charge in [-0.05, 0) is 48.4 Å². The zero-order valence-electron chi connectivity index (χ0n) is 14.2. The molecule has 0 spiro atoms. The van der Waals surface area contributed by atoms with Gasteiger partial charge in [0.05, 0.1) is 12.7 Å². The van der Waals surface area contributed by atoms with Crippen molar-refractivity contribution in [3.05, 3.63) is 65.5 Å². The molecular formula is C19H18FNO5. The average Bonchev–Trinajstić information content (AvgIpc) is 2.66.